The zero-order valence-corrected chi connectivity index (χ0v) is 15.5. The van der Waals surface area contributed by atoms with E-state index in [0.29, 0.717) is 22.2 Å². The SMILES string of the molecule is FC(F)(F)c1ccc(COC(Cn2ccnc2)c2cc(Cl)cc(Cl)c2)cc1. The van der Waals surface area contributed by atoms with Crippen LogP contribution in [0.2, 0.25) is 10.0 Å². The molecule has 0 bridgehead atoms. The number of benzene rings is 2. The minimum Gasteiger partial charge on any atom is -0.367 e. The van der Waals surface area contributed by atoms with E-state index in [4.69, 9.17) is 27.9 Å². The number of hydrogen-bond donors (Lipinski definition) is 0. The summed E-state index contributed by atoms with van der Waals surface area (Å²) in [6.07, 6.45) is 0.331. The lowest BCUT2D eigenvalue weighted by Crippen LogP contribution is -2.12. The molecule has 1 atom stereocenters. The van der Waals surface area contributed by atoms with Gasteiger partial charge < -0.3 is 9.30 Å². The van der Waals surface area contributed by atoms with E-state index in [-0.39, 0.29) is 6.61 Å². The molecule has 1 heterocycles. The van der Waals surface area contributed by atoms with E-state index in [9.17, 15) is 13.2 Å². The van der Waals surface area contributed by atoms with E-state index >= 15 is 0 Å². The number of halogens is 5. The second kappa shape index (κ2) is 8.33. The van der Waals surface area contributed by atoms with Crippen molar-refractivity contribution >= 4 is 23.2 Å². The van der Waals surface area contributed by atoms with Gasteiger partial charge in [-0.3, -0.25) is 0 Å². The molecule has 0 fully saturated rings. The fourth-order valence-electron chi connectivity index (χ4n) is 2.59. The maximum absolute atomic E-state index is 12.7. The molecule has 0 N–H and O–H groups in total. The molecule has 0 aliphatic carbocycles. The maximum atomic E-state index is 12.7. The molecule has 27 heavy (non-hydrogen) atoms. The molecule has 3 rings (SSSR count). The first-order chi connectivity index (χ1) is 12.8. The molecule has 3 aromatic rings. The molecule has 3 nitrogen and oxygen atoms in total. The number of rotatable bonds is 6. The molecule has 2 aromatic carbocycles. The average molecular weight is 415 g/mol. The van der Waals surface area contributed by atoms with Gasteiger partial charge in [-0.05, 0) is 41.5 Å². The zero-order chi connectivity index (χ0) is 19.4. The minimum atomic E-state index is -4.36. The Bertz CT molecular complexity index is 861. The second-order valence-corrected chi connectivity index (χ2v) is 6.83. The molecule has 1 aromatic heterocycles. The molecule has 8 heteroatoms. The van der Waals surface area contributed by atoms with Crippen LogP contribution in [0.4, 0.5) is 13.2 Å². The first kappa shape index (κ1) is 19.7. The first-order valence-corrected chi connectivity index (χ1v) is 8.76. The van der Waals surface area contributed by atoms with Crippen LogP contribution in [0.15, 0.2) is 61.2 Å². The Morgan fingerprint density at radius 2 is 1.70 bits per heavy atom. The summed E-state index contributed by atoms with van der Waals surface area (Å²) in [7, 11) is 0. The lowest BCUT2D eigenvalue weighted by molar-refractivity contribution is -0.137. The topological polar surface area (TPSA) is 27.1 Å². The molecule has 0 amide bonds. The number of ether oxygens (including phenoxy) is 1. The molecule has 142 valence electrons. The predicted octanol–water partition coefficient (Wildman–Crippen LogP) is 6.17. The molecule has 0 aliphatic rings. The van der Waals surface area contributed by atoms with Crippen molar-refractivity contribution in [2.45, 2.75) is 25.4 Å². The number of alkyl halides is 3. The van der Waals surface area contributed by atoms with Crippen LogP contribution in [-0.4, -0.2) is 9.55 Å². The van der Waals surface area contributed by atoms with Crippen LogP contribution in [0.3, 0.4) is 0 Å². The van der Waals surface area contributed by atoms with Crippen molar-refractivity contribution in [1.29, 1.82) is 0 Å². The Morgan fingerprint density at radius 1 is 1.04 bits per heavy atom. The highest BCUT2D eigenvalue weighted by atomic mass is 35.5. The molecule has 0 saturated carbocycles. The smallest absolute Gasteiger partial charge is 0.367 e. The second-order valence-electron chi connectivity index (χ2n) is 5.96. The summed E-state index contributed by atoms with van der Waals surface area (Å²) in [6, 6.07) is 10.0. The minimum absolute atomic E-state index is 0.141. The lowest BCUT2D eigenvalue weighted by atomic mass is 10.1. The van der Waals surface area contributed by atoms with Crippen LogP contribution in [0.5, 0.6) is 0 Å². The first-order valence-electron chi connectivity index (χ1n) is 8.01. The van der Waals surface area contributed by atoms with Gasteiger partial charge in [-0.15, -0.1) is 0 Å². The Labute approximate surface area is 164 Å². The fourth-order valence-corrected chi connectivity index (χ4v) is 3.13. The van der Waals surface area contributed by atoms with Gasteiger partial charge in [0, 0.05) is 22.4 Å². The third-order valence-corrected chi connectivity index (χ3v) is 4.36. The van der Waals surface area contributed by atoms with Crippen molar-refractivity contribution in [3.05, 3.63) is 87.9 Å². The van der Waals surface area contributed by atoms with E-state index in [0.717, 1.165) is 17.7 Å². The van der Waals surface area contributed by atoms with Gasteiger partial charge in [0.25, 0.3) is 0 Å². The van der Waals surface area contributed by atoms with E-state index < -0.39 is 17.8 Å². The number of aromatic nitrogens is 2. The van der Waals surface area contributed by atoms with Crippen LogP contribution in [0.25, 0.3) is 0 Å². The van der Waals surface area contributed by atoms with Gasteiger partial charge in [-0.25, -0.2) is 4.98 Å². The van der Waals surface area contributed by atoms with E-state index in [2.05, 4.69) is 4.98 Å². The highest BCUT2D eigenvalue weighted by molar-refractivity contribution is 6.34. The molecule has 0 aliphatic heterocycles. The third-order valence-electron chi connectivity index (χ3n) is 3.92. The Morgan fingerprint density at radius 3 is 2.26 bits per heavy atom. The number of hydrogen-bond acceptors (Lipinski definition) is 2. The summed E-state index contributed by atoms with van der Waals surface area (Å²) in [5.74, 6) is 0. The van der Waals surface area contributed by atoms with Gasteiger partial charge >= 0.3 is 6.18 Å². The van der Waals surface area contributed by atoms with Crippen molar-refractivity contribution < 1.29 is 17.9 Å². The van der Waals surface area contributed by atoms with E-state index in [1.54, 1.807) is 36.9 Å². The normalized spacial score (nSPS) is 12.9. The monoisotopic (exact) mass is 414 g/mol. The molecule has 0 spiro atoms. The molecule has 0 saturated heterocycles. The molecule has 0 radical (unpaired) electrons. The Balaban J connectivity index is 1.77. The van der Waals surface area contributed by atoms with Gasteiger partial charge in [0.15, 0.2) is 0 Å². The largest absolute Gasteiger partial charge is 0.416 e. The summed E-state index contributed by atoms with van der Waals surface area (Å²) in [4.78, 5) is 4.00. The van der Waals surface area contributed by atoms with Crippen LogP contribution in [-0.2, 0) is 24.1 Å². The number of nitrogens with zero attached hydrogens (tertiary/aromatic N) is 2. The summed E-state index contributed by atoms with van der Waals surface area (Å²) in [6.45, 7) is 0.596. The summed E-state index contributed by atoms with van der Waals surface area (Å²) >= 11 is 12.2. The van der Waals surface area contributed by atoms with Crippen molar-refractivity contribution in [1.82, 2.24) is 9.55 Å². The van der Waals surface area contributed by atoms with Crippen LogP contribution in [0, 0.1) is 0 Å². The molecule has 1 unspecified atom stereocenters. The van der Waals surface area contributed by atoms with Crippen molar-refractivity contribution in [3.8, 4) is 0 Å². The van der Waals surface area contributed by atoms with E-state index in [1.165, 1.54) is 12.1 Å². The van der Waals surface area contributed by atoms with Gasteiger partial charge in [-0.1, -0.05) is 35.3 Å². The van der Waals surface area contributed by atoms with Crippen molar-refractivity contribution in [2.24, 2.45) is 0 Å². The summed E-state index contributed by atoms with van der Waals surface area (Å²) in [5.41, 5.74) is 0.711. The van der Waals surface area contributed by atoms with E-state index in [1.807, 2.05) is 4.57 Å². The van der Waals surface area contributed by atoms with Crippen LogP contribution >= 0.6 is 23.2 Å². The standard InChI is InChI=1S/C19H15Cl2F3N2O/c20-16-7-14(8-17(21)9-16)18(10-26-6-5-25-12-26)27-11-13-1-3-15(4-2-13)19(22,23)24/h1-9,12,18H,10-11H2. The Kier molecular flexibility index (Phi) is 6.09. The van der Waals surface area contributed by atoms with Crippen LogP contribution in [0.1, 0.15) is 22.8 Å². The van der Waals surface area contributed by atoms with Gasteiger partial charge in [0.2, 0.25) is 0 Å². The molecular weight excluding hydrogens is 400 g/mol. The predicted molar refractivity (Wildman–Crippen MR) is 97.7 cm³/mol. The van der Waals surface area contributed by atoms with Crippen LogP contribution < -0.4 is 0 Å². The summed E-state index contributed by atoms with van der Waals surface area (Å²) in [5, 5.41) is 0.956. The van der Waals surface area contributed by atoms with Gasteiger partial charge in [0.05, 0.1) is 25.0 Å². The highest BCUT2D eigenvalue weighted by Gasteiger charge is 2.29. The Hall–Kier alpha value is -2.02. The zero-order valence-electron chi connectivity index (χ0n) is 14.0. The fraction of sp³-hybridized carbons (Fsp3) is 0.211. The molecular formula is C19H15Cl2F3N2O. The lowest BCUT2D eigenvalue weighted by Gasteiger charge is -2.20. The maximum Gasteiger partial charge on any atom is 0.416 e. The quantitative estimate of drug-likeness (QED) is 0.482. The number of imidazole rings is 1. The highest BCUT2D eigenvalue weighted by Crippen LogP contribution is 2.30. The summed E-state index contributed by atoms with van der Waals surface area (Å²) < 4.78 is 45.8. The third kappa shape index (κ3) is 5.48. The van der Waals surface area contributed by atoms with Gasteiger partial charge in [0.1, 0.15) is 6.10 Å². The van der Waals surface area contributed by atoms with Crippen molar-refractivity contribution in [3.63, 3.8) is 0 Å². The average Bonchev–Trinajstić information content (AvgIpc) is 3.10. The van der Waals surface area contributed by atoms with Crippen molar-refractivity contribution in [2.75, 3.05) is 0 Å². The van der Waals surface area contributed by atoms with Gasteiger partial charge in [-0.2, -0.15) is 13.2 Å².